The fourth-order valence-corrected chi connectivity index (χ4v) is 4.80. The van der Waals surface area contributed by atoms with E-state index in [4.69, 9.17) is 0 Å². The Morgan fingerprint density at radius 3 is 2.73 bits per heavy atom. The van der Waals surface area contributed by atoms with Gasteiger partial charge in [-0.15, -0.1) is 0 Å². The highest BCUT2D eigenvalue weighted by molar-refractivity contribution is 5.95. The van der Waals surface area contributed by atoms with Crippen LogP contribution < -0.4 is 10.7 Å². The van der Waals surface area contributed by atoms with Crippen LogP contribution in [0.1, 0.15) is 52.4 Å². The lowest BCUT2D eigenvalue weighted by atomic mass is 9.80. The van der Waals surface area contributed by atoms with Gasteiger partial charge in [-0.3, -0.25) is 15.0 Å². The Morgan fingerprint density at radius 2 is 2.00 bits per heavy atom. The van der Waals surface area contributed by atoms with Crippen molar-refractivity contribution in [3.8, 4) is 0 Å². The van der Waals surface area contributed by atoms with E-state index in [0.717, 1.165) is 31.5 Å². The molecule has 2 fully saturated rings. The molecule has 2 N–H and O–H groups in total. The molecule has 162 valence electrons. The van der Waals surface area contributed by atoms with Crippen molar-refractivity contribution in [1.82, 2.24) is 15.2 Å². The minimum Gasteiger partial charge on any atom is -0.326 e. The monoisotopic (exact) mass is 415 g/mol. The van der Waals surface area contributed by atoms with Crippen LogP contribution in [0.15, 0.2) is 29.4 Å². The van der Waals surface area contributed by atoms with Gasteiger partial charge in [0.1, 0.15) is 11.7 Å². The predicted octanol–water partition coefficient (Wildman–Crippen LogP) is 3.10. The molecule has 7 nitrogen and oxygen atoms in total. The molecule has 1 aromatic rings. The number of hydrogen-bond acceptors (Lipinski definition) is 5. The molecule has 4 rings (SSSR count). The van der Waals surface area contributed by atoms with Crippen molar-refractivity contribution in [1.29, 1.82) is 0 Å². The lowest BCUT2D eigenvalue weighted by Crippen LogP contribution is -2.67. The molecule has 8 heteroatoms. The highest BCUT2D eigenvalue weighted by Crippen LogP contribution is 2.38. The third-order valence-electron chi connectivity index (χ3n) is 6.12. The van der Waals surface area contributed by atoms with Crippen molar-refractivity contribution < 1.29 is 14.0 Å². The van der Waals surface area contributed by atoms with Gasteiger partial charge in [-0.1, -0.05) is 26.7 Å². The number of benzene rings is 1. The number of carbonyl (C=O) groups is 2. The topological polar surface area (TPSA) is 77.0 Å². The van der Waals surface area contributed by atoms with Gasteiger partial charge in [-0.05, 0) is 43.0 Å². The van der Waals surface area contributed by atoms with Gasteiger partial charge < -0.3 is 15.1 Å². The van der Waals surface area contributed by atoms with E-state index in [1.807, 2.05) is 4.90 Å². The van der Waals surface area contributed by atoms with E-state index in [0.29, 0.717) is 24.6 Å². The van der Waals surface area contributed by atoms with E-state index in [9.17, 15) is 14.0 Å². The number of rotatable bonds is 6. The molecule has 0 spiro atoms. The smallest absolute Gasteiger partial charge is 0.230 e. The van der Waals surface area contributed by atoms with Gasteiger partial charge >= 0.3 is 0 Å². The first-order chi connectivity index (χ1) is 14.4. The van der Waals surface area contributed by atoms with E-state index in [1.165, 1.54) is 12.1 Å². The molecular formula is C22H30FN5O2. The number of carbonyl (C=O) groups excluding carboxylic acids is 2. The second kappa shape index (κ2) is 8.62. The van der Waals surface area contributed by atoms with Gasteiger partial charge in [0.25, 0.3) is 0 Å². The zero-order chi connectivity index (χ0) is 21.3. The van der Waals surface area contributed by atoms with Crippen molar-refractivity contribution in [3.05, 3.63) is 30.1 Å². The fourth-order valence-electron chi connectivity index (χ4n) is 4.80. The molecule has 1 aromatic carbocycles. The quantitative estimate of drug-likeness (QED) is 0.749. The average Bonchev–Trinajstić information content (AvgIpc) is 3.15. The summed E-state index contributed by atoms with van der Waals surface area (Å²) in [4.78, 5) is 29.7. The lowest BCUT2D eigenvalue weighted by molar-refractivity contribution is -0.156. The number of nitrogens with zero attached hydrogens (tertiary/aromatic N) is 3. The molecule has 3 atom stereocenters. The molecule has 0 aromatic heterocycles. The number of halogens is 1. The van der Waals surface area contributed by atoms with Gasteiger partial charge in [0, 0.05) is 31.1 Å². The van der Waals surface area contributed by atoms with Crippen molar-refractivity contribution in [2.45, 2.75) is 64.7 Å². The third kappa shape index (κ3) is 4.13. The third-order valence-corrected chi connectivity index (χ3v) is 6.12. The highest BCUT2D eigenvalue weighted by Gasteiger charge is 2.50. The Balaban J connectivity index is 1.43. The minimum absolute atomic E-state index is 0.00638. The normalized spacial score (nSPS) is 25.5. The zero-order valence-electron chi connectivity index (χ0n) is 17.6. The Kier molecular flexibility index (Phi) is 5.92. The van der Waals surface area contributed by atoms with Crippen LogP contribution in [-0.4, -0.2) is 46.3 Å². The summed E-state index contributed by atoms with van der Waals surface area (Å²) >= 11 is 0. The predicted molar refractivity (Wildman–Crippen MR) is 113 cm³/mol. The summed E-state index contributed by atoms with van der Waals surface area (Å²) in [5, 5.41) is 7.32. The maximum absolute atomic E-state index is 13.2. The summed E-state index contributed by atoms with van der Waals surface area (Å²) in [5.74, 6) is 0.966. The first-order valence-corrected chi connectivity index (χ1v) is 10.9. The molecule has 3 aliphatic rings. The van der Waals surface area contributed by atoms with Gasteiger partial charge in [0.15, 0.2) is 6.29 Å². The van der Waals surface area contributed by atoms with E-state index in [2.05, 4.69) is 34.6 Å². The van der Waals surface area contributed by atoms with Crippen LogP contribution in [-0.2, 0) is 9.59 Å². The SMILES string of the molecule is CC(C)CN1C(=O)C2CCCCC2N2C(CCC(=O)Nc3ccc(F)cc3)=NNC12. The van der Waals surface area contributed by atoms with E-state index in [-0.39, 0.29) is 42.3 Å². The van der Waals surface area contributed by atoms with Gasteiger partial charge in [-0.25, -0.2) is 4.39 Å². The minimum atomic E-state index is -0.335. The molecular weight excluding hydrogens is 385 g/mol. The highest BCUT2D eigenvalue weighted by atomic mass is 19.1. The van der Waals surface area contributed by atoms with Crippen molar-refractivity contribution in [3.63, 3.8) is 0 Å². The summed E-state index contributed by atoms with van der Waals surface area (Å²) in [7, 11) is 0. The van der Waals surface area contributed by atoms with Gasteiger partial charge in [0.2, 0.25) is 11.8 Å². The molecule has 3 unspecified atom stereocenters. The standard InChI is InChI=1S/C22H30FN5O2/c1-14(2)13-27-21(30)17-5-3-4-6-18(17)28-19(25-26-22(27)28)11-12-20(29)24-16-9-7-15(23)8-10-16/h7-10,14,17-18,22,26H,3-6,11-13H2,1-2H3,(H,24,29). The Bertz CT molecular complexity index is 825. The van der Waals surface area contributed by atoms with Crippen LogP contribution in [0, 0.1) is 17.7 Å². The first-order valence-electron chi connectivity index (χ1n) is 10.9. The first kappa shape index (κ1) is 20.6. The molecule has 0 bridgehead atoms. The summed E-state index contributed by atoms with van der Waals surface area (Å²) in [6.45, 7) is 4.91. The van der Waals surface area contributed by atoms with E-state index >= 15 is 0 Å². The molecule has 2 aliphatic heterocycles. The maximum atomic E-state index is 13.2. The lowest BCUT2D eigenvalue weighted by Gasteiger charge is -2.51. The van der Waals surface area contributed by atoms with Crippen LogP contribution in [0.2, 0.25) is 0 Å². The number of fused-ring (bicyclic) bond motifs is 3. The summed E-state index contributed by atoms with van der Waals surface area (Å²) in [6.07, 6.45) is 4.60. The van der Waals surface area contributed by atoms with Crippen molar-refractivity contribution in [2.75, 3.05) is 11.9 Å². The molecule has 2 heterocycles. The van der Waals surface area contributed by atoms with E-state index in [1.54, 1.807) is 12.1 Å². The second-order valence-electron chi connectivity index (χ2n) is 8.84. The molecule has 1 saturated carbocycles. The number of amidine groups is 1. The van der Waals surface area contributed by atoms with Crippen LogP contribution in [0.3, 0.4) is 0 Å². The number of amides is 2. The molecule has 30 heavy (non-hydrogen) atoms. The van der Waals surface area contributed by atoms with Crippen LogP contribution in [0.25, 0.3) is 0 Å². The van der Waals surface area contributed by atoms with Gasteiger partial charge in [0.05, 0.1) is 5.92 Å². The number of hydrazone groups is 1. The van der Waals surface area contributed by atoms with Crippen molar-refractivity contribution >= 4 is 23.3 Å². The second-order valence-corrected chi connectivity index (χ2v) is 8.84. The molecule has 0 radical (unpaired) electrons. The number of anilines is 1. The molecule has 2 amide bonds. The Hall–Kier alpha value is -2.64. The average molecular weight is 416 g/mol. The van der Waals surface area contributed by atoms with Crippen LogP contribution in [0.4, 0.5) is 10.1 Å². The summed E-state index contributed by atoms with van der Waals surface area (Å²) in [5.41, 5.74) is 3.73. The number of hydrogen-bond donors (Lipinski definition) is 2. The van der Waals surface area contributed by atoms with Crippen molar-refractivity contribution in [2.24, 2.45) is 16.9 Å². The number of nitrogens with one attached hydrogen (secondary N) is 2. The van der Waals surface area contributed by atoms with Crippen LogP contribution in [0.5, 0.6) is 0 Å². The maximum Gasteiger partial charge on any atom is 0.230 e. The molecule has 1 saturated heterocycles. The Morgan fingerprint density at radius 1 is 1.27 bits per heavy atom. The largest absolute Gasteiger partial charge is 0.326 e. The van der Waals surface area contributed by atoms with Crippen LogP contribution >= 0.6 is 0 Å². The zero-order valence-corrected chi connectivity index (χ0v) is 17.6. The molecule has 1 aliphatic carbocycles. The Labute approximate surface area is 176 Å². The van der Waals surface area contributed by atoms with Gasteiger partial charge in [-0.2, -0.15) is 5.10 Å². The summed E-state index contributed by atoms with van der Waals surface area (Å²) in [6, 6.07) is 5.88. The van der Waals surface area contributed by atoms with E-state index < -0.39 is 0 Å². The fraction of sp³-hybridized carbons (Fsp3) is 0.591. The summed E-state index contributed by atoms with van der Waals surface area (Å²) < 4.78 is 13.0.